The average Bonchev–Trinajstić information content (AvgIpc) is 3.50. The summed E-state index contributed by atoms with van der Waals surface area (Å²) in [5.74, 6) is 1.41. The summed E-state index contributed by atoms with van der Waals surface area (Å²) in [5.41, 5.74) is 0.449. The Kier molecular flexibility index (Phi) is 4.06. The quantitative estimate of drug-likeness (QED) is 0.442. The summed E-state index contributed by atoms with van der Waals surface area (Å²) >= 11 is 0. The van der Waals surface area contributed by atoms with E-state index in [1.165, 1.54) is 0 Å². The van der Waals surface area contributed by atoms with Gasteiger partial charge in [-0.3, -0.25) is 0 Å². The Morgan fingerprint density at radius 3 is 2.17 bits per heavy atom. The minimum atomic E-state index is -0.427. The Morgan fingerprint density at radius 1 is 0.917 bits per heavy atom. The maximum absolute atomic E-state index is 12.1. The topological polar surface area (TPSA) is 69.8 Å². The summed E-state index contributed by atoms with van der Waals surface area (Å²) in [6.07, 6.45) is 0.0518. The molecule has 2 fully saturated rings. The van der Waals surface area contributed by atoms with Crippen molar-refractivity contribution in [1.82, 2.24) is 0 Å². The standard InChI is InChI=1S/C18H16O6/c19-18(12-1-3-14(4-2-12)23-17-11-22-17)24-15-7-5-13(6-8-15)20-9-16-10-21-16/h1-8,16-17H,9-11H2. The van der Waals surface area contributed by atoms with Crippen LogP contribution in [0.5, 0.6) is 17.2 Å². The van der Waals surface area contributed by atoms with E-state index in [4.69, 9.17) is 23.7 Å². The number of benzene rings is 2. The van der Waals surface area contributed by atoms with Gasteiger partial charge in [0.25, 0.3) is 0 Å². The van der Waals surface area contributed by atoms with Crippen molar-refractivity contribution in [2.75, 3.05) is 19.8 Å². The monoisotopic (exact) mass is 328 g/mol. The number of ether oxygens (including phenoxy) is 5. The molecule has 2 aliphatic rings. The first-order valence-corrected chi connectivity index (χ1v) is 7.71. The van der Waals surface area contributed by atoms with Crippen LogP contribution in [-0.4, -0.2) is 38.2 Å². The van der Waals surface area contributed by atoms with Crippen LogP contribution in [0.15, 0.2) is 48.5 Å². The minimum absolute atomic E-state index is 0.157. The fourth-order valence-corrected chi connectivity index (χ4v) is 2.05. The molecule has 6 heteroatoms. The molecular formula is C18H16O6. The highest BCUT2D eigenvalue weighted by atomic mass is 16.8. The number of epoxide rings is 2. The zero-order valence-electron chi connectivity index (χ0n) is 12.8. The van der Waals surface area contributed by atoms with Crippen molar-refractivity contribution < 1.29 is 28.5 Å². The van der Waals surface area contributed by atoms with Crippen molar-refractivity contribution >= 4 is 5.97 Å². The molecule has 2 aromatic rings. The number of hydrogen-bond acceptors (Lipinski definition) is 6. The van der Waals surface area contributed by atoms with Gasteiger partial charge in [-0.15, -0.1) is 0 Å². The second-order valence-electron chi connectivity index (χ2n) is 5.53. The summed E-state index contributed by atoms with van der Waals surface area (Å²) < 4.78 is 26.4. The number of carbonyl (C=O) groups excluding carboxylic acids is 1. The van der Waals surface area contributed by atoms with Crippen LogP contribution in [0, 0.1) is 0 Å². The van der Waals surface area contributed by atoms with Gasteiger partial charge in [0.2, 0.25) is 6.29 Å². The first-order chi connectivity index (χ1) is 11.8. The molecule has 124 valence electrons. The number of hydrogen-bond donors (Lipinski definition) is 0. The normalized spacial score (nSPS) is 21.0. The first-order valence-electron chi connectivity index (χ1n) is 7.71. The van der Waals surface area contributed by atoms with Crippen LogP contribution in [0.1, 0.15) is 10.4 Å². The fraction of sp³-hybridized carbons (Fsp3) is 0.278. The molecule has 0 bridgehead atoms. The van der Waals surface area contributed by atoms with Gasteiger partial charge in [0, 0.05) is 0 Å². The predicted octanol–water partition coefficient (Wildman–Crippen LogP) is 2.42. The van der Waals surface area contributed by atoms with Gasteiger partial charge in [-0.05, 0) is 48.5 Å². The highest BCUT2D eigenvalue weighted by Gasteiger charge is 2.24. The van der Waals surface area contributed by atoms with E-state index in [9.17, 15) is 4.79 Å². The van der Waals surface area contributed by atoms with Crippen LogP contribution in [0.3, 0.4) is 0 Å². The van der Waals surface area contributed by atoms with Crippen LogP contribution in [-0.2, 0) is 9.47 Å². The lowest BCUT2D eigenvalue weighted by atomic mass is 10.2. The van der Waals surface area contributed by atoms with E-state index >= 15 is 0 Å². The SMILES string of the molecule is O=C(Oc1ccc(OCC2CO2)cc1)c1ccc(OC2CO2)cc1. The van der Waals surface area contributed by atoms with Gasteiger partial charge in [0.05, 0.1) is 12.2 Å². The van der Waals surface area contributed by atoms with E-state index in [2.05, 4.69) is 0 Å². The molecule has 2 aromatic carbocycles. The Balaban J connectivity index is 1.32. The van der Waals surface area contributed by atoms with Gasteiger partial charge >= 0.3 is 5.97 Å². The van der Waals surface area contributed by atoms with Crippen molar-refractivity contribution in [3.8, 4) is 17.2 Å². The molecule has 2 saturated heterocycles. The van der Waals surface area contributed by atoms with E-state index in [0.717, 1.165) is 6.61 Å². The van der Waals surface area contributed by atoms with E-state index < -0.39 is 5.97 Å². The van der Waals surface area contributed by atoms with Crippen molar-refractivity contribution in [3.05, 3.63) is 54.1 Å². The summed E-state index contributed by atoms with van der Waals surface area (Å²) in [5, 5.41) is 0. The molecule has 0 amide bonds. The van der Waals surface area contributed by atoms with Gasteiger partial charge in [-0.25, -0.2) is 4.79 Å². The molecule has 6 nitrogen and oxygen atoms in total. The third-order valence-corrected chi connectivity index (χ3v) is 3.53. The van der Waals surface area contributed by atoms with Crippen LogP contribution in [0.4, 0.5) is 0 Å². The van der Waals surface area contributed by atoms with Crippen molar-refractivity contribution in [1.29, 1.82) is 0 Å². The highest BCUT2D eigenvalue weighted by Crippen LogP contribution is 2.22. The largest absolute Gasteiger partial charge is 0.491 e. The lowest BCUT2D eigenvalue weighted by Crippen LogP contribution is -2.08. The minimum Gasteiger partial charge on any atom is -0.491 e. The Labute approximate surface area is 138 Å². The highest BCUT2D eigenvalue weighted by molar-refractivity contribution is 5.91. The molecule has 0 spiro atoms. The number of rotatable bonds is 7. The molecule has 2 unspecified atom stereocenters. The second kappa shape index (κ2) is 6.51. The van der Waals surface area contributed by atoms with Crippen LogP contribution < -0.4 is 14.2 Å². The van der Waals surface area contributed by atoms with Gasteiger partial charge in [0.15, 0.2) is 0 Å². The lowest BCUT2D eigenvalue weighted by Gasteiger charge is -2.07. The van der Waals surface area contributed by atoms with Gasteiger partial charge in [-0.1, -0.05) is 0 Å². The van der Waals surface area contributed by atoms with E-state index in [1.54, 1.807) is 48.5 Å². The predicted molar refractivity (Wildman–Crippen MR) is 83.4 cm³/mol. The summed E-state index contributed by atoms with van der Waals surface area (Å²) in [6, 6.07) is 13.7. The Morgan fingerprint density at radius 2 is 1.54 bits per heavy atom. The molecule has 0 saturated carbocycles. The summed E-state index contributed by atoms with van der Waals surface area (Å²) in [7, 11) is 0. The fourth-order valence-electron chi connectivity index (χ4n) is 2.05. The molecule has 0 N–H and O–H groups in total. The molecule has 24 heavy (non-hydrogen) atoms. The van der Waals surface area contributed by atoms with Gasteiger partial charge in [-0.2, -0.15) is 0 Å². The van der Waals surface area contributed by atoms with E-state index in [0.29, 0.717) is 36.0 Å². The van der Waals surface area contributed by atoms with Crippen molar-refractivity contribution in [2.45, 2.75) is 12.4 Å². The third-order valence-electron chi connectivity index (χ3n) is 3.53. The van der Waals surface area contributed by atoms with Crippen LogP contribution in [0.2, 0.25) is 0 Å². The van der Waals surface area contributed by atoms with Crippen molar-refractivity contribution in [2.24, 2.45) is 0 Å². The van der Waals surface area contributed by atoms with Gasteiger partial charge < -0.3 is 23.7 Å². The average molecular weight is 328 g/mol. The Hall–Kier alpha value is -2.57. The Bertz CT molecular complexity index is 701. The summed E-state index contributed by atoms with van der Waals surface area (Å²) in [4.78, 5) is 12.1. The first kappa shape index (κ1) is 15.0. The molecule has 2 heterocycles. The zero-order valence-corrected chi connectivity index (χ0v) is 12.8. The van der Waals surface area contributed by atoms with Gasteiger partial charge in [0.1, 0.15) is 36.6 Å². The molecule has 0 aromatic heterocycles. The van der Waals surface area contributed by atoms with Crippen LogP contribution in [0.25, 0.3) is 0 Å². The maximum atomic E-state index is 12.1. The number of carbonyl (C=O) groups is 1. The second-order valence-corrected chi connectivity index (χ2v) is 5.53. The molecule has 0 aliphatic carbocycles. The molecule has 2 atom stereocenters. The smallest absolute Gasteiger partial charge is 0.343 e. The van der Waals surface area contributed by atoms with E-state index in [1.807, 2.05) is 0 Å². The molecular weight excluding hydrogens is 312 g/mol. The zero-order chi connectivity index (χ0) is 16.4. The summed E-state index contributed by atoms with van der Waals surface area (Å²) in [6.45, 7) is 1.91. The molecule has 0 radical (unpaired) electrons. The third kappa shape index (κ3) is 4.04. The lowest BCUT2D eigenvalue weighted by molar-refractivity contribution is 0.0734. The van der Waals surface area contributed by atoms with E-state index in [-0.39, 0.29) is 12.4 Å². The molecule has 2 aliphatic heterocycles. The maximum Gasteiger partial charge on any atom is 0.343 e. The number of esters is 1. The van der Waals surface area contributed by atoms with Crippen molar-refractivity contribution in [3.63, 3.8) is 0 Å². The van der Waals surface area contributed by atoms with Crippen LogP contribution >= 0.6 is 0 Å². The molecule has 4 rings (SSSR count).